The molecular weight excluding hydrogens is 334 g/mol. The van der Waals surface area contributed by atoms with Crippen molar-refractivity contribution < 1.29 is 9.53 Å². The van der Waals surface area contributed by atoms with Gasteiger partial charge in [0, 0.05) is 38.4 Å². The van der Waals surface area contributed by atoms with Crippen molar-refractivity contribution in [3.05, 3.63) is 40.4 Å². The van der Waals surface area contributed by atoms with Crippen LogP contribution in [0.4, 0.5) is 5.13 Å². The third kappa shape index (κ3) is 3.76. The zero-order chi connectivity index (χ0) is 16.2. The van der Waals surface area contributed by atoms with Gasteiger partial charge in [-0.2, -0.15) is 0 Å². The normalized spacial score (nSPS) is 15.5. The number of carbonyl (C=O) groups excluding carboxylic acids is 1. The van der Waals surface area contributed by atoms with Crippen molar-refractivity contribution in [2.24, 2.45) is 0 Å². The highest BCUT2D eigenvalue weighted by Gasteiger charge is 2.26. The van der Waals surface area contributed by atoms with Crippen LogP contribution in [0.15, 0.2) is 29.6 Å². The van der Waals surface area contributed by atoms with Crippen molar-refractivity contribution in [2.45, 2.75) is 18.9 Å². The number of aromatic nitrogens is 1. The second kappa shape index (κ2) is 7.19. The lowest BCUT2D eigenvalue weighted by atomic mass is 10.1. The van der Waals surface area contributed by atoms with Crippen LogP contribution in [0.3, 0.4) is 0 Å². The van der Waals surface area contributed by atoms with Crippen LogP contribution in [0.5, 0.6) is 5.75 Å². The maximum atomic E-state index is 12.4. The molecule has 23 heavy (non-hydrogen) atoms. The molecule has 1 N–H and O–H groups in total. The highest BCUT2D eigenvalue weighted by molar-refractivity contribution is 7.13. The number of halogens is 1. The topological polar surface area (TPSA) is 54.5 Å². The molecule has 0 saturated carbocycles. The van der Waals surface area contributed by atoms with Crippen molar-refractivity contribution in [3.8, 4) is 5.75 Å². The third-order valence-corrected chi connectivity index (χ3v) is 4.97. The van der Waals surface area contributed by atoms with E-state index >= 15 is 0 Å². The summed E-state index contributed by atoms with van der Waals surface area (Å²) in [5.74, 6) is 0.691. The summed E-state index contributed by atoms with van der Waals surface area (Å²) in [7, 11) is 1.80. The Kier molecular flexibility index (Phi) is 5.03. The fraction of sp³-hybridized carbons (Fsp3) is 0.375. The van der Waals surface area contributed by atoms with Gasteiger partial charge in [0.15, 0.2) is 5.13 Å². The number of anilines is 1. The molecule has 5 nitrogen and oxygen atoms in total. The highest BCUT2D eigenvalue weighted by Crippen LogP contribution is 2.27. The van der Waals surface area contributed by atoms with Gasteiger partial charge in [0.05, 0.1) is 5.02 Å². The summed E-state index contributed by atoms with van der Waals surface area (Å²) in [4.78, 5) is 18.5. The molecule has 2 heterocycles. The Morgan fingerprint density at radius 2 is 2.13 bits per heavy atom. The monoisotopic (exact) mass is 351 g/mol. The van der Waals surface area contributed by atoms with Gasteiger partial charge in [0.25, 0.3) is 5.91 Å². The molecule has 0 unspecified atom stereocenters. The van der Waals surface area contributed by atoms with E-state index < -0.39 is 0 Å². The predicted octanol–water partition coefficient (Wildman–Crippen LogP) is 3.52. The predicted molar refractivity (Wildman–Crippen MR) is 92.7 cm³/mol. The largest absolute Gasteiger partial charge is 0.489 e. The van der Waals surface area contributed by atoms with Crippen LogP contribution in [0.1, 0.15) is 23.3 Å². The number of piperidine rings is 1. The first-order valence-electron chi connectivity index (χ1n) is 7.51. The molecule has 0 aliphatic carbocycles. The Hall–Kier alpha value is -1.79. The molecule has 2 aromatic rings. The number of para-hydroxylation sites is 1. The lowest BCUT2D eigenvalue weighted by Gasteiger charge is -2.32. The van der Waals surface area contributed by atoms with Gasteiger partial charge in [0.1, 0.15) is 17.5 Å². The summed E-state index contributed by atoms with van der Waals surface area (Å²) in [6, 6.07) is 7.47. The van der Waals surface area contributed by atoms with Gasteiger partial charge < -0.3 is 15.0 Å². The standard InChI is InChI=1S/C16H18ClN3O2S/c1-18-16-19-13(10-23-16)15(21)20-8-6-11(7-9-20)22-14-5-3-2-4-12(14)17/h2-5,10-11H,6-9H2,1H3,(H,18,19). The number of hydrogen-bond acceptors (Lipinski definition) is 5. The first-order chi connectivity index (χ1) is 11.2. The van der Waals surface area contributed by atoms with E-state index in [0.29, 0.717) is 29.6 Å². The van der Waals surface area contributed by atoms with Crippen molar-refractivity contribution >= 4 is 34.0 Å². The summed E-state index contributed by atoms with van der Waals surface area (Å²) in [5, 5.41) is 6.11. The molecule has 1 amide bonds. The molecule has 7 heteroatoms. The smallest absolute Gasteiger partial charge is 0.273 e. The molecule has 122 valence electrons. The van der Waals surface area contributed by atoms with Gasteiger partial charge in [-0.1, -0.05) is 23.7 Å². The second-order valence-electron chi connectivity index (χ2n) is 5.33. The van der Waals surface area contributed by atoms with Crippen LogP contribution in [0, 0.1) is 0 Å². The molecule has 0 spiro atoms. The molecule has 3 rings (SSSR count). The number of rotatable bonds is 4. The summed E-state index contributed by atoms with van der Waals surface area (Å²) in [6.07, 6.45) is 1.67. The van der Waals surface area contributed by atoms with Crippen LogP contribution in [0.25, 0.3) is 0 Å². The Bertz CT molecular complexity index is 683. The summed E-state index contributed by atoms with van der Waals surface area (Å²) < 4.78 is 5.95. The van der Waals surface area contributed by atoms with Gasteiger partial charge in [0.2, 0.25) is 0 Å². The van der Waals surface area contributed by atoms with Crippen LogP contribution in [0.2, 0.25) is 5.02 Å². The number of thiazole rings is 1. The Balaban J connectivity index is 1.56. The minimum Gasteiger partial charge on any atom is -0.489 e. The minimum absolute atomic E-state index is 0.0149. The summed E-state index contributed by atoms with van der Waals surface area (Å²) in [5.41, 5.74) is 0.504. The molecule has 1 aliphatic rings. The van der Waals surface area contributed by atoms with Gasteiger partial charge in [-0.3, -0.25) is 4.79 Å². The Morgan fingerprint density at radius 3 is 2.78 bits per heavy atom. The second-order valence-corrected chi connectivity index (χ2v) is 6.59. The third-order valence-electron chi connectivity index (χ3n) is 3.80. The van der Waals surface area contributed by atoms with Crippen LogP contribution >= 0.6 is 22.9 Å². The molecule has 1 aromatic heterocycles. The zero-order valence-electron chi connectivity index (χ0n) is 12.8. The molecule has 0 radical (unpaired) electrons. The van der Waals surface area contributed by atoms with E-state index in [1.807, 2.05) is 29.2 Å². The SMILES string of the molecule is CNc1nc(C(=O)N2CCC(Oc3ccccc3Cl)CC2)cs1. The van der Waals surface area contributed by atoms with E-state index in [1.54, 1.807) is 12.4 Å². The molecule has 1 fully saturated rings. The van der Waals surface area contributed by atoms with Crippen molar-refractivity contribution in [1.29, 1.82) is 0 Å². The molecule has 0 atom stereocenters. The fourth-order valence-corrected chi connectivity index (χ4v) is 3.37. The number of ether oxygens (including phenoxy) is 1. The number of benzene rings is 1. The van der Waals surface area contributed by atoms with Gasteiger partial charge in [-0.05, 0) is 12.1 Å². The average molecular weight is 352 g/mol. The van der Waals surface area contributed by atoms with Gasteiger partial charge in [-0.25, -0.2) is 4.98 Å². The first-order valence-corrected chi connectivity index (χ1v) is 8.77. The maximum absolute atomic E-state index is 12.4. The quantitative estimate of drug-likeness (QED) is 0.915. The lowest BCUT2D eigenvalue weighted by Crippen LogP contribution is -2.41. The number of likely N-dealkylation sites (tertiary alicyclic amines) is 1. The molecule has 1 aromatic carbocycles. The Morgan fingerprint density at radius 1 is 1.39 bits per heavy atom. The van der Waals surface area contributed by atoms with E-state index in [0.717, 1.165) is 18.0 Å². The van der Waals surface area contributed by atoms with Crippen molar-refractivity contribution in [2.75, 3.05) is 25.5 Å². The van der Waals surface area contributed by atoms with E-state index in [4.69, 9.17) is 16.3 Å². The summed E-state index contributed by atoms with van der Waals surface area (Å²) >= 11 is 7.55. The van der Waals surface area contributed by atoms with Gasteiger partial charge in [-0.15, -0.1) is 11.3 Å². The molecule has 1 aliphatic heterocycles. The number of nitrogens with zero attached hydrogens (tertiary/aromatic N) is 2. The highest BCUT2D eigenvalue weighted by atomic mass is 35.5. The minimum atomic E-state index is -0.0149. The number of hydrogen-bond donors (Lipinski definition) is 1. The maximum Gasteiger partial charge on any atom is 0.273 e. The molecule has 1 saturated heterocycles. The summed E-state index contributed by atoms with van der Waals surface area (Å²) in [6.45, 7) is 1.33. The van der Waals surface area contributed by atoms with Crippen molar-refractivity contribution in [1.82, 2.24) is 9.88 Å². The average Bonchev–Trinajstić information content (AvgIpc) is 3.06. The van der Waals surface area contributed by atoms with E-state index in [1.165, 1.54) is 11.3 Å². The van der Waals surface area contributed by atoms with Gasteiger partial charge >= 0.3 is 0 Å². The number of amides is 1. The molecule has 0 bridgehead atoms. The van der Waals surface area contributed by atoms with E-state index in [9.17, 15) is 4.79 Å². The number of nitrogens with one attached hydrogen (secondary N) is 1. The zero-order valence-corrected chi connectivity index (χ0v) is 14.4. The van der Waals surface area contributed by atoms with Crippen molar-refractivity contribution in [3.63, 3.8) is 0 Å². The van der Waals surface area contributed by atoms with E-state index in [2.05, 4.69) is 10.3 Å². The lowest BCUT2D eigenvalue weighted by molar-refractivity contribution is 0.0591. The Labute approximate surface area is 144 Å². The van der Waals surface area contributed by atoms with Crippen LogP contribution in [-0.2, 0) is 0 Å². The van der Waals surface area contributed by atoms with Crippen LogP contribution in [-0.4, -0.2) is 42.0 Å². The molecular formula is C16H18ClN3O2S. The first kappa shape index (κ1) is 16.1. The fourth-order valence-electron chi connectivity index (χ4n) is 2.55. The van der Waals surface area contributed by atoms with E-state index in [-0.39, 0.29) is 12.0 Å². The number of carbonyl (C=O) groups is 1. The van der Waals surface area contributed by atoms with Crippen LogP contribution < -0.4 is 10.1 Å².